The summed E-state index contributed by atoms with van der Waals surface area (Å²) in [5.41, 5.74) is 0.746. The van der Waals surface area contributed by atoms with Gasteiger partial charge in [-0.25, -0.2) is 4.39 Å². The van der Waals surface area contributed by atoms with E-state index in [0.717, 1.165) is 5.56 Å². The van der Waals surface area contributed by atoms with E-state index in [1.54, 1.807) is 24.3 Å². The Kier molecular flexibility index (Phi) is 3.85. The summed E-state index contributed by atoms with van der Waals surface area (Å²) in [5.74, 6) is -1.11. The van der Waals surface area contributed by atoms with Crippen LogP contribution >= 0.6 is 0 Å². The van der Waals surface area contributed by atoms with Gasteiger partial charge in [0, 0.05) is 6.42 Å². The Labute approximate surface area is 81.7 Å². The standard InChI is InChI=1S/C11H11FO2/c12-10-6-3-5-9(8-10)4-1-2-7-11(13)14/h1,3-6,8H,2,7H2,(H,13,14). The molecule has 0 radical (unpaired) electrons. The van der Waals surface area contributed by atoms with E-state index in [9.17, 15) is 9.18 Å². The molecule has 0 atom stereocenters. The van der Waals surface area contributed by atoms with E-state index in [-0.39, 0.29) is 12.2 Å². The van der Waals surface area contributed by atoms with Gasteiger partial charge in [0.2, 0.25) is 0 Å². The van der Waals surface area contributed by atoms with E-state index in [0.29, 0.717) is 6.42 Å². The number of aliphatic carboxylic acids is 1. The van der Waals surface area contributed by atoms with Crippen LogP contribution in [-0.4, -0.2) is 11.1 Å². The first kappa shape index (κ1) is 10.4. The van der Waals surface area contributed by atoms with Crippen LogP contribution in [0.15, 0.2) is 30.3 Å². The van der Waals surface area contributed by atoms with Crippen LogP contribution in [0.5, 0.6) is 0 Å². The average molecular weight is 194 g/mol. The first-order chi connectivity index (χ1) is 6.68. The van der Waals surface area contributed by atoms with Crippen LogP contribution in [0, 0.1) is 5.82 Å². The van der Waals surface area contributed by atoms with Crippen molar-refractivity contribution < 1.29 is 14.3 Å². The zero-order valence-electron chi connectivity index (χ0n) is 7.61. The lowest BCUT2D eigenvalue weighted by atomic mass is 10.2. The zero-order valence-corrected chi connectivity index (χ0v) is 7.61. The molecule has 0 saturated carbocycles. The highest BCUT2D eigenvalue weighted by Gasteiger charge is 1.93. The van der Waals surface area contributed by atoms with Crippen LogP contribution in [0.1, 0.15) is 18.4 Å². The fraction of sp³-hybridized carbons (Fsp3) is 0.182. The van der Waals surface area contributed by atoms with Crippen molar-refractivity contribution in [2.24, 2.45) is 0 Å². The number of allylic oxidation sites excluding steroid dienone is 1. The van der Waals surface area contributed by atoms with E-state index in [1.807, 2.05) is 0 Å². The summed E-state index contributed by atoms with van der Waals surface area (Å²) < 4.78 is 12.7. The monoisotopic (exact) mass is 194 g/mol. The largest absolute Gasteiger partial charge is 0.481 e. The Balaban J connectivity index is 2.47. The Morgan fingerprint density at radius 3 is 2.93 bits per heavy atom. The molecule has 0 saturated heterocycles. The maximum absolute atomic E-state index is 12.7. The molecule has 0 aliphatic heterocycles. The molecule has 0 heterocycles. The molecule has 0 aliphatic rings. The van der Waals surface area contributed by atoms with Gasteiger partial charge in [0.15, 0.2) is 0 Å². The molecular formula is C11H11FO2. The van der Waals surface area contributed by atoms with Crippen molar-refractivity contribution in [1.29, 1.82) is 0 Å². The Morgan fingerprint density at radius 1 is 1.50 bits per heavy atom. The van der Waals surface area contributed by atoms with Crippen LogP contribution in [0.2, 0.25) is 0 Å². The fourth-order valence-corrected chi connectivity index (χ4v) is 1.04. The summed E-state index contributed by atoms with van der Waals surface area (Å²) in [6, 6.07) is 6.15. The highest BCUT2D eigenvalue weighted by atomic mass is 19.1. The van der Waals surface area contributed by atoms with Crippen LogP contribution in [0.25, 0.3) is 6.08 Å². The average Bonchev–Trinajstić information content (AvgIpc) is 2.12. The molecule has 1 rings (SSSR count). The maximum Gasteiger partial charge on any atom is 0.303 e. The number of carbonyl (C=O) groups is 1. The number of halogens is 1. The Hall–Kier alpha value is -1.64. The topological polar surface area (TPSA) is 37.3 Å². The third kappa shape index (κ3) is 3.85. The molecule has 2 nitrogen and oxygen atoms in total. The van der Waals surface area contributed by atoms with Crippen LogP contribution in [0.3, 0.4) is 0 Å². The SMILES string of the molecule is O=C(O)CCC=Cc1cccc(F)c1. The van der Waals surface area contributed by atoms with Gasteiger partial charge in [-0.05, 0) is 24.1 Å². The highest BCUT2D eigenvalue weighted by Crippen LogP contribution is 2.06. The zero-order chi connectivity index (χ0) is 10.4. The highest BCUT2D eigenvalue weighted by molar-refractivity contribution is 5.67. The summed E-state index contributed by atoms with van der Waals surface area (Å²) in [5, 5.41) is 8.36. The predicted octanol–water partition coefficient (Wildman–Crippen LogP) is 2.70. The fourth-order valence-electron chi connectivity index (χ4n) is 1.04. The normalized spacial score (nSPS) is 10.6. The molecule has 0 bridgehead atoms. The van der Waals surface area contributed by atoms with Gasteiger partial charge in [-0.15, -0.1) is 0 Å². The van der Waals surface area contributed by atoms with Crippen LogP contribution in [-0.2, 0) is 4.79 Å². The number of hydrogen-bond donors (Lipinski definition) is 1. The van der Waals surface area contributed by atoms with Gasteiger partial charge >= 0.3 is 5.97 Å². The van der Waals surface area contributed by atoms with Gasteiger partial charge < -0.3 is 5.11 Å². The minimum atomic E-state index is -0.825. The molecular weight excluding hydrogens is 183 g/mol. The molecule has 14 heavy (non-hydrogen) atoms. The molecule has 1 N–H and O–H groups in total. The van der Waals surface area contributed by atoms with Crippen molar-refractivity contribution in [3.05, 3.63) is 41.7 Å². The number of rotatable bonds is 4. The molecule has 0 fully saturated rings. The van der Waals surface area contributed by atoms with Crippen LogP contribution in [0.4, 0.5) is 4.39 Å². The summed E-state index contributed by atoms with van der Waals surface area (Å²) in [7, 11) is 0. The minimum absolute atomic E-state index is 0.103. The minimum Gasteiger partial charge on any atom is -0.481 e. The second-order valence-corrected chi connectivity index (χ2v) is 2.89. The summed E-state index contributed by atoms with van der Waals surface area (Å²) in [4.78, 5) is 10.2. The number of benzene rings is 1. The molecule has 3 heteroatoms. The lowest BCUT2D eigenvalue weighted by Crippen LogP contribution is -1.91. The molecule has 1 aromatic carbocycles. The molecule has 0 amide bonds. The Bertz CT molecular complexity index is 345. The van der Waals surface area contributed by atoms with Gasteiger partial charge in [0.1, 0.15) is 5.82 Å². The molecule has 0 unspecified atom stereocenters. The van der Waals surface area contributed by atoms with Gasteiger partial charge in [-0.3, -0.25) is 4.79 Å². The lowest BCUT2D eigenvalue weighted by Gasteiger charge is -1.92. The van der Waals surface area contributed by atoms with E-state index < -0.39 is 5.97 Å². The van der Waals surface area contributed by atoms with Crippen molar-refractivity contribution in [3.63, 3.8) is 0 Å². The number of carboxylic acid groups (broad SMARTS) is 1. The third-order valence-electron chi connectivity index (χ3n) is 1.68. The third-order valence-corrected chi connectivity index (χ3v) is 1.68. The van der Waals surface area contributed by atoms with Gasteiger partial charge in [0.05, 0.1) is 0 Å². The van der Waals surface area contributed by atoms with Gasteiger partial charge in [-0.2, -0.15) is 0 Å². The van der Waals surface area contributed by atoms with Crippen molar-refractivity contribution in [3.8, 4) is 0 Å². The maximum atomic E-state index is 12.7. The molecule has 74 valence electrons. The summed E-state index contributed by atoms with van der Waals surface area (Å²) in [6.45, 7) is 0. The number of carboxylic acids is 1. The molecule has 0 aliphatic carbocycles. The van der Waals surface area contributed by atoms with E-state index in [1.165, 1.54) is 12.1 Å². The van der Waals surface area contributed by atoms with Crippen molar-refractivity contribution >= 4 is 12.0 Å². The second kappa shape index (κ2) is 5.17. The van der Waals surface area contributed by atoms with Crippen LogP contribution < -0.4 is 0 Å². The van der Waals surface area contributed by atoms with Crippen molar-refractivity contribution in [1.82, 2.24) is 0 Å². The smallest absolute Gasteiger partial charge is 0.303 e. The second-order valence-electron chi connectivity index (χ2n) is 2.89. The van der Waals surface area contributed by atoms with E-state index in [2.05, 4.69) is 0 Å². The van der Waals surface area contributed by atoms with Gasteiger partial charge in [0.25, 0.3) is 0 Å². The molecule has 0 aromatic heterocycles. The van der Waals surface area contributed by atoms with E-state index >= 15 is 0 Å². The first-order valence-corrected chi connectivity index (χ1v) is 4.32. The molecule has 0 spiro atoms. The van der Waals surface area contributed by atoms with E-state index in [4.69, 9.17) is 5.11 Å². The molecule has 1 aromatic rings. The lowest BCUT2D eigenvalue weighted by molar-refractivity contribution is -0.136. The summed E-state index contributed by atoms with van der Waals surface area (Å²) in [6.07, 6.45) is 4.01. The van der Waals surface area contributed by atoms with Crippen molar-refractivity contribution in [2.75, 3.05) is 0 Å². The summed E-state index contributed by atoms with van der Waals surface area (Å²) >= 11 is 0. The quantitative estimate of drug-likeness (QED) is 0.800. The first-order valence-electron chi connectivity index (χ1n) is 4.32. The number of hydrogen-bond acceptors (Lipinski definition) is 1. The predicted molar refractivity (Wildman–Crippen MR) is 52.3 cm³/mol. The Morgan fingerprint density at radius 2 is 2.29 bits per heavy atom. The van der Waals surface area contributed by atoms with Crippen molar-refractivity contribution in [2.45, 2.75) is 12.8 Å². The van der Waals surface area contributed by atoms with Gasteiger partial charge in [-0.1, -0.05) is 24.3 Å².